The third-order valence-electron chi connectivity index (χ3n) is 10.0. The average Bonchev–Trinajstić information content (AvgIpc) is 3.52. The molecule has 42 heavy (non-hydrogen) atoms. The quantitative estimate of drug-likeness (QED) is 0.371. The first-order chi connectivity index (χ1) is 20.0. The van der Waals surface area contributed by atoms with Gasteiger partial charge in [0, 0.05) is 43.0 Å². The lowest BCUT2D eigenvalue weighted by Crippen LogP contribution is -2.43. The van der Waals surface area contributed by atoms with Gasteiger partial charge >= 0.3 is 5.97 Å². The van der Waals surface area contributed by atoms with Crippen molar-refractivity contribution in [1.29, 1.82) is 0 Å². The second-order valence-electron chi connectivity index (χ2n) is 13.8. The van der Waals surface area contributed by atoms with E-state index in [0.717, 1.165) is 56.7 Å². The number of hydrogen-bond donors (Lipinski definition) is 1. The number of Topliss-reactive ketones (excluding diaryl/α,β-unsaturated/α-hetero) is 1. The number of aliphatic carboxylic acids is 1. The fourth-order valence-corrected chi connectivity index (χ4v) is 7.46. The van der Waals surface area contributed by atoms with Gasteiger partial charge in [-0.3, -0.25) is 19.4 Å². The number of carbonyl (C=O) groups excluding carboxylic acids is 1. The summed E-state index contributed by atoms with van der Waals surface area (Å²) in [7, 11) is 0. The predicted molar refractivity (Wildman–Crippen MR) is 161 cm³/mol. The molecule has 7 heteroatoms. The summed E-state index contributed by atoms with van der Waals surface area (Å²) in [6.07, 6.45) is 7.85. The normalized spacial score (nSPS) is 24.4. The number of carboxylic acid groups (broad SMARTS) is 1. The molecule has 2 heterocycles. The Balaban J connectivity index is 1.19. The number of fused-ring (bicyclic) bond motifs is 1. The van der Waals surface area contributed by atoms with Crippen LogP contribution in [0, 0.1) is 23.5 Å². The van der Waals surface area contributed by atoms with Crippen LogP contribution in [-0.4, -0.2) is 64.4 Å². The van der Waals surface area contributed by atoms with Crippen molar-refractivity contribution >= 4 is 11.8 Å². The highest BCUT2D eigenvalue weighted by Gasteiger charge is 2.42. The molecule has 2 aromatic rings. The van der Waals surface area contributed by atoms with Crippen molar-refractivity contribution in [2.24, 2.45) is 11.8 Å². The van der Waals surface area contributed by atoms with Gasteiger partial charge in [-0.2, -0.15) is 0 Å². The summed E-state index contributed by atoms with van der Waals surface area (Å²) < 4.78 is 28.5. The maximum absolute atomic E-state index is 14.8. The molecule has 0 spiro atoms. The molecule has 1 N–H and O–H groups in total. The van der Waals surface area contributed by atoms with Crippen LogP contribution < -0.4 is 0 Å². The minimum Gasteiger partial charge on any atom is -0.480 e. The van der Waals surface area contributed by atoms with Crippen LogP contribution >= 0.6 is 0 Å². The van der Waals surface area contributed by atoms with E-state index in [0.29, 0.717) is 44.0 Å². The minimum absolute atomic E-state index is 0.150. The van der Waals surface area contributed by atoms with Gasteiger partial charge in [0.25, 0.3) is 0 Å². The molecule has 2 aromatic carbocycles. The van der Waals surface area contributed by atoms with Gasteiger partial charge in [-0.15, -0.1) is 0 Å². The van der Waals surface area contributed by atoms with Crippen LogP contribution in [0.15, 0.2) is 36.4 Å². The first-order valence-electron chi connectivity index (χ1n) is 15.8. The number of nitrogens with zero attached hydrogens (tertiary/aromatic N) is 2. The SMILES string of the molecule is CC(C)(C)N1C[C@@H](C(=O)CCC2CCCN([C@@H](Cc3ccc4c(c3)CCC4)C(=O)O)CC2)[C@H](c2ccc(F)cc2F)C1. The Morgan fingerprint density at radius 1 is 0.976 bits per heavy atom. The maximum atomic E-state index is 14.8. The summed E-state index contributed by atoms with van der Waals surface area (Å²) >= 11 is 0. The second-order valence-corrected chi connectivity index (χ2v) is 13.8. The monoisotopic (exact) mass is 580 g/mol. The second kappa shape index (κ2) is 12.9. The molecule has 0 aromatic heterocycles. The number of ketones is 1. The molecule has 2 fully saturated rings. The first-order valence-corrected chi connectivity index (χ1v) is 15.8. The van der Waals surface area contributed by atoms with Gasteiger partial charge in [-0.1, -0.05) is 24.3 Å². The Bertz CT molecular complexity index is 1290. The van der Waals surface area contributed by atoms with Gasteiger partial charge in [0.1, 0.15) is 23.5 Å². The zero-order valence-electron chi connectivity index (χ0n) is 25.4. The number of rotatable bonds is 9. The van der Waals surface area contributed by atoms with Crippen molar-refractivity contribution in [2.75, 3.05) is 26.2 Å². The van der Waals surface area contributed by atoms with Crippen LogP contribution in [0.25, 0.3) is 0 Å². The molecular weight excluding hydrogens is 534 g/mol. The lowest BCUT2D eigenvalue weighted by Gasteiger charge is -2.31. The minimum atomic E-state index is -0.771. The molecule has 5 rings (SSSR count). The molecule has 4 atom stereocenters. The lowest BCUT2D eigenvalue weighted by atomic mass is 9.83. The largest absolute Gasteiger partial charge is 0.480 e. The number of likely N-dealkylation sites (tertiary alicyclic amines) is 2. The van der Waals surface area contributed by atoms with Crippen LogP contribution in [0.2, 0.25) is 0 Å². The van der Waals surface area contributed by atoms with Crippen LogP contribution in [0.1, 0.15) is 87.5 Å². The predicted octanol–water partition coefficient (Wildman–Crippen LogP) is 6.41. The fraction of sp³-hybridized carbons (Fsp3) is 0.600. The number of hydrogen-bond acceptors (Lipinski definition) is 4. The molecular formula is C35H46F2N2O3. The van der Waals surface area contributed by atoms with Gasteiger partial charge in [0.05, 0.1) is 0 Å². The summed E-state index contributed by atoms with van der Waals surface area (Å²) in [6.45, 7) is 8.91. The van der Waals surface area contributed by atoms with E-state index in [1.807, 2.05) is 0 Å². The van der Waals surface area contributed by atoms with E-state index in [2.05, 4.69) is 48.8 Å². The van der Waals surface area contributed by atoms with E-state index in [-0.39, 0.29) is 23.2 Å². The van der Waals surface area contributed by atoms with E-state index in [1.165, 1.54) is 29.7 Å². The number of carboxylic acids is 1. The number of aryl methyl sites for hydroxylation is 2. The summed E-state index contributed by atoms with van der Waals surface area (Å²) in [5, 5.41) is 10.1. The molecule has 3 aliphatic rings. The van der Waals surface area contributed by atoms with E-state index in [4.69, 9.17) is 0 Å². The van der Waals surface area contributed by atoms with Crippen LogP contribution in [-0.2, 0) is 28.9 Å². The highest BCUT2D eigenvalue weighted by Crippen LogP contribution is 2.39. The van der Waals surface area contributed by atoms with Crippen molar-refractivity contribution in [3.8, 4) is 0 Å². The smallest absolute Gasteiger partial charge is 0.321 e. The number of halogens is 2. The van der Waals surface area contributed by atoms with Crippen LogP contribution in [0.5, 0.6) is 0 Å². The van der Waals surface area contributed by atoms with Gasteiger partial charge in [0.15, 0.2) is 0 Å². The van der Waals surface area contributed by atoms with Crippen molar-refractivity contribution in [3.05, 3.63) is 70.3 Å². The van der Waals surface area contributed by atoms with Crippen LogP contribution in [0.3, 0.4) is 0 Å². The van der Waals surface area contributed by atoms with Gasteiger partial charge < -0.3 is 5.11 Å². The fourth-order valence-electron chi connectivity index (χ4n) is 7.46. The summed E-state index contributed by atoms with van der Waals surface area (Å²) in [6, 6.07) is 9.64. The summed E-state index contributed by atoms with van der Waals surface area (Å²) in [5.41, 5.74) is 4.14. The van der Waals surface area contributed by atoms with E-state index >= 15 is 0 Å². The first kappa shape index (κ1) is 30.8. The third-order valence-corrected chi connectivity index (χ3v) is 10.0. The highest BCUT2D eigenvalue weighted by atomic mass is 19.1. The lowest BCUT2D eigenvalue weighted by molar-refractivity contribution is -0.143. The summed E-state index contributed by atoms with van der Waals surface area (Å²) in [4.78, 5) is 30.3. The average molecular weight is 581 g/mol. The molecule has 1 unspecified atom stereocenters. The zero-order chi connectivity index (χ0) is 30.0. The van der Waals surface area contributed by atoms with E-state index in [9.17, 15) is 23.5 Å². The topological polar surface area (TPSA) is 60.9 Å². The van der Waals surface area contributed by atoms with Gasteiger partial charge in [-0.25, -0.2) is 8.78 Å². The molecule has 0 radical (unpaired) electrons. The molecule has 0 bridgehead atoms. The Morgan fingerprint density at radius 2 is 1.76 bits per heavy atom. The number of carbonyl (C=O) groups is 2. The van der Waals surface area contributed by atoms with Gasteiger partial charge in [0.2, 0.25) is 0 Å². The Kier molecular flexibility index (Phi) is 9.48. The van der Waals surface area contributed by atoms with Crippen LogP contribution in [0.4, 0.5) is 8.78 Å². The molecule has 5 nitrogen and oxygen atoms in total. The van der Waals surface area contributed by atoms with Crippen molar-refractivity contribution < 1.29 is 23.5 Å². The van der Waals surface area contributed by atoms with Crippen molar-refractivity contribution in [1.82, 2.24) is 9.80 Å². The molecule has 0 saturated carbocycles. The van der Waals surface area contributed by atoms with Crippen molar-refractivity contribution in [3.63, 3.8) is 0 Å². The molecule has 0 amide bonds. The van der Waals surface area contributed by atoms with Crippen molar-refractivity contribution in [2.45, 2.75) is 96.1 Å². The zero-order valence-corrected chi connectivity index (χ0v) is 25.4. The number of benzene rings is 2. The van der Waals surface area contributed by atoms with Gasteiger partial charge in [-0.05, 0) is 119 Å². The Morgan fingerprint density at radius 3 is 2.50 bits per heavy atom. The van der Waals surface area contributed by atoms with E-state index < -0.39 is 23.6 Å². The molecule has 228 valence electrons. The Labute approximate surface area is 249 Å². The standard InChI is InChI=1S/C35H46F2N2O3/c1-35(2,3)39-21-29(28-13-12-27(36)20-31(28)37)30(22-39)33(40)14-10-23-6-5-16-38(17-15-23)32(34(41)42)19-24-9-11-25-7-4-8-26(25)18-24/h9,11-13,18,20,23,29-30,32H,4-8,10,14-17,19,21-22H2,1-3H3,(H,41,42)/t23?,29-,30+,32-/m0/s1. The van der Waals surface area contributed by atoms with E-state index in [1.54, 1.807) is 0 Å². The Hall–Kier alpha value is -2.64. The third kappa shape index (κ3) is 7.11. The maximum Gasteiger partial charge on any atom is 0.321 e. The highest BCUT2D eigenvalue weighted by molar-refractivity contribution is 5.82. The molecule has 2 saturated heterocycles. The molecule has 1 aliphatic carbocycles. The summed E-state index contributed by atoms with van der Waals surface area (Å²) in [5.74, 6) is -2.07. The molecule has 2 aliphatic heterocycles.